The Hall–Kier alpha value is -1.62. The monoisotopic (exact) mass is 349 g/mol. The Morgan fingerprint density at radius 2 is 2.21 bits per heavy atom. The van der Waals surface area contributed by atoms with Crippen LogP contribution >= 0.6 is 11.6 Å². The van der Waals surface area contributed by atoms with Crippen molar-refractivity contribution in [1.29, 1.82) is 0 Å². The van der Waals surface area contributed by atoms with E-state index in [9.17, 15) is 9.18 Å². The molecule has 4 rings (SSSR count). The van der Waals surface area contributed by atoms with Crippen LogP contribution in [-0.4, -0.2) is 21.1 Å². The molecule has 128 valence electrons. The number of anilines is 1. The minimum absolute atomic E-state index is 0.0857. The smallest absolute Gasteiger partial charge is 0.226 e. The van der Waals surface area contributed by atoms with Gasteiger partial charge in [0.05, 0.1) is 11.0 Å². The van der Waals surface area contributed by atoms with E-state index in [-0.39, 0.29) is 11.8 Å². The molecule has 0 aliphatic heterocycles. The second-order valence-electron chi connectivity index (χ2n) is 7.46. The van der Waals surface area contributed by atoms with E-state index >= 15 is 0 Å². The number of halogens is 2. The van der Waals surface area contributed by atoms with Crippen LogP contribution < -0.4 is 5.32 Å². The second kappa shape index (κ2) is 5.73. The summed E-state index contributed by atoms with van der Waals surface area (Å²) in [5.74, 6) is 0.637. The molecule has 1 aromatic carbocycles. The highest BCUT2D eigenvalue weighted by atomic mass is 35.5. The Balaban J connectivity index is 1.56. The van der Waals surface area contributed by atoms with E-state index in [0.717, 1.165) is 23.9 Å². The number of nitrogens with one attached hydrogen (secondary N) is 1. The summed E-state index contributed by atoms with van der Waals surface area (Å²) >= 11 is 6.13. The summed E-state index contributed by atoms with van der Waals surface area (Å²) in [6.07, 6.45) is 4.65. The first-order chi connectivity index (χ1) is 11.4. The van der Waals surface area contributed by atoms with Crippen molar-refractivity contribution in [2.75, 3.05) is 5.32 Å². The SMILES string of the molecule is CC1(F)CC(CC(=O)Nc2nc3ccc(Cl)cc3n2C2CCC2)C1. The minimum atomic E-state index is -1.10. The number of nitrogens with zero attached hydrogens (tertiary/aromatic N) is 2. The Morgan fingerprint density at radius 3 is 2.83 bits per heavy atom. The van der Waals surface area contributed by atoms with E-state index in [0.29, 0.717) is 36.3 Å². The number of carbonyl (C=O) groups is 1. The number of hydrogen-bond donors (Lipinski definition) is 1. The van der Waals surface area contributed by atoms with Gasteiger partial charge in [-0.3, -0.25) is 10.1 Å². The van der Waals surface area contributed by atoms with Crippen LogP contribution in [-0.2, 0) is 4.79 Å². The van der Waals surface area contributed by atoms with Crippen LogP contribution in [0.3, 0.4) is 0 Å². The maximum Gasteiger partial charge on any atom is 0.226 e. The molecule has 1 amide bonds. The fourth-order valence-corrected chi connectivity index (χ4v) is 4.06. The summed E-state index contributed by atoms with van der Waals surface area (Å²) in [5, 5.41) is 3.61. The van der Waals surface area contributed by atoms with Gasteiger partial charge < -0.3 is 4.57 Å². The predicted octanol–water partition coefficient (Wildman–Crippen LogP) is 4.88. The third-order valence-electron chi connectivity index (χ3n) is 5.25. The van der Waals surface area contributed by atoms with E-state index in [1.54, 1.807) is 6.92 Å². The Morgan fingerprint density at radius 1 is 1.46 bits per heavy atom. The van der Waals surface area contributed by atoms with Crippen molar-refractivity contribution in [3.05, 3.63) is 23.2 Å². The van der Waals surface area contributed by atoms with Gasteiger partial charge in [-0.25, -0.2) is 9.37 Å². The molecule has 0 unspecified atom stereocenters. The zero-order valence-corrected chi connectivity index (χ0v) is 14.4. The largest absolute Gasteiger partial charge is 0.307 e. The van der Waals surface area contributed by atoms with Crippen molar-refractivity contribution in [3.8, 4) is 0 Å². The third-order valence-corrected chi connectivity index (χ3v) is 5.48. The van der Waals surface area contributed by atoms with Crippen LogP contribution in [0.1, 0.15) is 51.5 Å². The average molecular weight is 350 g/mol. The molecular weight excluding hydrogens is 329 g/mol. The molecular formula is C18H21ClFN3O. The normalized spacial score (nSPS) is 26.9. The number of fused-ring (bicyclic) bond motifs is 1. The van der Waals surface area contributed by atoms with Crippen LogP contribution in [0.25, 0.3) is 11.0 Å². The molecule has 2 aliphatic carbocycles. The fraction of sp³-hybridized carbons (Fsp3) is 0.556. The van der Waals surface area contributed by atoms with Gasteiger partial charge in [0.25, 0.3) is 0 Å². The molecule has 1 aromatic heterocycles. The number of aromatic nitrogens is 2. The van der Waals surface area contributed by atoms with E-state index in [2.05, 4.69) is 14.9 Å². The zero-order chi connectivity index (χ0) is 16.9. The van der Waals surface area contributed by atoms with Gasteiger partial charge in [-0.2, -0.15) is 0 Å². The lowest BCUT2D eigenvalue weighted by atomic mass is 9.72. The number of amides is 1. The van der Waals surface area contributed by atoms with Crippen molar-refractivity contribution in [3.63, 3.8) is 0 Å². The number of benzene rings is 1. The van der Waals surface area contributed by atoms with Crippen molar-refractivity contribution >= 4 is 34.5 Å². The topological polar surface area (TPSA) is 46.9 Å². The average Bonchev–Trinajstić information content (AvgIpc) is 2.73. The Kier molecular flexibility index (Phi) is 3.79. The van der Waals surface area contributed by atoms with Gasteiger partial charge in [-0.15, -0.1) is 0 Å². The molecule has 1 heterocycles. The Bertz CT molecular complexity index is 789. The maximum absolute atomic E-state index is 13.6. The molecule has 24 heavy (non-hydrogen) atoms. The van der Waals surface area contributed by atoms with Crippen LogP contribution in [0.4, 0.5) is 10.3 Å². The molecule has 0 atom stereocenters. The Labute approximate surface area is 145 Å². The molecule has 2 saturated carbocycles. The summed E-state index contributed by atoms with van der Waals surface area (Å²) < 4.78 is 15.7. The summed E-state index contributed by atoms with van der Waals surface area (Å²) in [4.78, 5) is 16.9. The first kappa shape index (κ1) is 15.9. The second-order valence-corrected chi connectivity index (χ2v) is 7.90. The van der Waals surface area contributed by atoms with Gasteiger partial charge in [-0.05, 0) is 63.1 Å². The molecule has 0 saturated heterocycles. The summed E-state index contributed by atoms with van der Waals surface area (Å²) in [5.41, 5.74) is 0.699. The van der Waals surface area contributed by atoms with E-state index in [4.69, 9.17) is 11.6 Å². The maximum atomic E-state index is 13.6. The fourth-order valence-electron chi connectivity index (χ4n) is 3.90. The van der Waals surface area contributed by atoms with Gasteiger partial charge in [0, 0.05) is 17.5 Å². The molecule has 2 fully saturated rings. The van der Waals surface area contributed by atoms with Crippen molar-refractivity contribution < 1.29 is 9.18 Å². The standard InChI is InChI=1S/C18H21ClFN3O/c1-18(20)9-11(10-18)7-16(24)22-17-21-14-6-5-12(19)8-15(14)23(17)13-3-2-4-13/h5-6,8,11,13H,2-4,7,9-10H2,1H3,(H,21,22,24). The lowest BCUT2D eigenvalue weighted by Gasteiger charge is -2.38. The molecule has 2 aromatic rings. The first-order valence-corrected chi connectivity index (χ1v) is 8.95. The molecule has 0 spiro atoms. The zero-order valence-electron chi connectivity index (χ0n) is 13.7. The molecule has 2 aliphatic rings. The lowest BCUT2D eigenvalue weighted by Crippen LogP contribution is -2.38. The van der Waals surface area contributed by atoms with Crippen LogP contribution in [0.2, 0.25) is 5.02 Å². The van der Waals surface area contributed by atoms with Crippen molar-refractivity contribution in [2.24, 2.45) is 5.92 Å². The highest BCUT2D eigenvalue weighted by molar-refractivity contribution is 6.31. The molecule has 6 heteroatoms. The molecule has 0 bridgehead atoms. The summed E-state index contributed by atoms with van der Waals surface area (Å²) in [6.45, 7) is 1.60. The predicted molar refractivity (Wildman–Crippen MR) is 93.1 cm³/mol. The number of rotatable bonds is 4. The van der Waals surface area contributed by atoms with Gasteiger partial charge in [0.15, 0.2) is 0 Å². The number of imidazole rings is 1. The number of carbonyl (C=O) groups excluding carboxylic acids is 1. The number of alkyl halides is 1. The van der Waals surface area contributed by atoms with Gasteiger partial charge >= 0.3 is 0 Å². The van der Waals surface area contributed by atoms with E-state index < -0.39 is 5.67 Å². The van der Waals surface area contributed by atoms with Gasteiger partial charge in [0.1, 0.15) is 5.67 Å². The van der Waals surface area contributed by atoms with Crippen molar-refractivity contribution in [1.82, 2.24) is 9.55 Å². The van der Waals surface area contributed by atoms with Gasteiger partial charge in [-0.1, -0.05) is 11.6 Å². The third kappa shape index (κ3) is 2.90. The van der Waals surface area contributed by atoms with Crippen molar-refractivity contribution in [2.45, 2.75) is 57.2 Å². The summed E-state index contributed by atoms with van der Waals surface area (Å²) in [7, 11) is 0. The molecule has 0 radical (unpaired) electrons. The quantitative estimate of drug-likeness (QED) is 0.854. The summed E-state index contributed by atoms with van der Waals surface area (Å²) in [6, 6.07) is 5.95. The first-order valence-electron chi connectivity index (χ1n) is 8.57. The molecule has 1 N–H and O–H groups in total. The lowest BCUT2D eigenvalue weighted by molar-refractivity contribution is -0.119. The van der Waals surface area contributed by atoms with E-state index in [1.165, 1.54) is 6.42 Å². The van der Waals surface area contributed by atoms with Gasteiger partial charge in [0.2, 0.25) is 11.9 Å². The highest BCUT2D eigenvalue weighted by Crippen LogP contribution is 2.43. The van der Waals surface area contributed by atoms with Crippen LogP contribution in [0, 0.1) is 5.92 Å². The number of hydrogen-bond acceptors (Lipinski definition) is 2. The highest BCUT2D eigenvalue weighted by Gasteiger charge is 2.41. The minimum Gasteiger partial charge on any atom is -0.307 e. The van der Waals surface area contributed by atoms with Crippen LogP contribution in [0.5, 0.6) is 0 Å². The van der Waals surface area contributed by atoms with E-state index in [1.807, 2.05) is 18.2 Å². The van der Waals surface area contributed by atoms with Crippen LogP contribution in [0.15, 0.2) is 18.2 Å². The molecule has 4 nitrogen and oxygen atoms in total.